The number of nitrogens with two attached hydrogens (primary N) is 1. The molecule has 1 fully saturated rings. The molecular formula is C78H101ClN16O13. The Hall–Kier alpha value is -10.9. The summed E-state index contributed by atoms with van der Waals surface area (Å²) < 4.78 is 0. The van der Waals surface area contributed by atoms with Gasteiger partial charge in [-0.1, -0.05) is 104 Å². The number of hydrogen-bond acceptors (Lipinski definition) is 17. The zero-order valence-corrected chi connectivity index (χ0v) is 62.5. The standard InChI is InChI=1S/C78H101ClN16O13/c1-7-83-78(84-8-2)85-34-12-11-20-59(77(108)95-35-15-21-67(95)76(107)86-48(5)68(99)43-80)88-69(100)60(36-47(3)4)89-73(104)64(41-53-16-13-32-81-44-53)91-72(103)63(39-51-25-30-58(98)31-26-51)93-75(106)66(46-96)94-74(105)65(42-54-17-14-33-82-45-54)92-71(102)62(38-50-23-28-57(79)29-24-50)90-70(101)61(87-49(6)97)40-52-22-27-55-18-9-10-19-56(55)37-52/h9-10,13-14,16-19,22-33,37,44-45,47-48,59-67,96,98H,7-8,11-12,15,20-21,34-36,38-43,46,80H2,1-6H3,(H,86,107)(H,87,97)(H,88,100)(H,89,104)(H,90,101)(H,91,103)(H,92,102)(H,93,106)(H,94,105)(H2,83,84,85)/t48-,59+,60-,61+,62+,63-,64+,65+,66-,67-/m0/s1. The molecule has 2 aromatic heterocycles. The number of amides is 10. The number of ketones is 1. The SMILES string of the molecule is CCN=C(NCC)NCCCC[C@@H](NC(=O)[C@H](CC(C)C)NC(=O)[C@@H](Cc1cccnc1)NC(=O)[C@H](Cc1ccc(O)cc1)NC(=O)[C@H](CO)NC(=O)[C@@H](Cc1cccnc1)NC(=O)[C@@H](Cc1ccc(Cl)cc1)NC(=O)[C@@H](Cc1ccc2ccccc2c1)NC(C)=O)C(=O)N1CCC[C@H]1C(=O)N[C@@H](C)C(=O)CN. The molecule has 6 aromatic rings. The summed E-state index contributed by atoms with van der Waals surface area (Å²) in [7, 11) is 0. The molecule has 1 aliphatic rings. The average Bonchev–Trinajstić information content (AvgIpc) is 1.82. The first-order valence-corrected chi connectivity index (χ1v) is 36.9. The van der Waals surface area contributed by atoms with Crippen molar-refractivity contribution < 1.29 is 63.0 Å². The number of phenolic OH excluding ortho intramolecular Hbond substituents is 1. The molecule has 0 saturated carbocycles. The Morgan fingerprint density at radius 3 is 1.55 bits per heavy atom. The first kappa shape index (κ1) is 84.4. The number of aliphatic hydroxyl groups is 1. The zero-order chi connectivity index (χ0) is 78.2. The minimum Gasteiger partial charge on any atom is -0.508 e. The summed E-state index contributed by atoms with van der Waals surface area (Å²) in [5.74, 6) is -8.00. The molecule has 29 nitrogen and oxygen atoms in total. The van der Waals surface area contributed by atoms with Crippen molar-refractivity contribution in [3.8, 4) is 5.75 Å². The van der Waals surface area contributed by atoms with Gasteiger partial charge in [-0.3, -0.25) is 67.7 Å². The number of hydrogen-bond donors (Lipinski definition) is 14. The molecule has 7 rings (SSSR count). The van der Waals surface area contributed by atoms with E-state index in [4.69, 9.17) is 17.3 Å². The van der Waals surface area contributed by atoms with Crippen LogP contribution in [0.3, 0.4) is 0 Å². The fourth-order valence-corrected chi connectivity index (χ4v) is 12.6. The summed E-state index contributed by atoms with van der Waals surface area (Å²) in [6, 6.07) is 18.5. The predicted molar refractivity (Wildman–Crippen MR) is 408 cm³/mol. The van der Waals surface area contributed by atoms with Crippen LogP contribution in [0.4, 0.5) is 0 Å². The van der Waals surface area contributed by atoms with E-state index in [1.807, 2.05) is 70.2 Å². The molecule has 0 spiro atoms. The Morgan fingerprint density at radius 2 is 1.04 bits per heavy atom. The molecular weight excluding hydrogens is 1400 g/mol. The van der Waals surface area contributed by atoms with Crippen molar-refractivity contribution in [3.63, 3.8) is 0 Å². The average molecular weight is 1510 g/mol. The van der Waals surface area contributed by atoms with Gasteiger partial charge in [0.05, 0.1) is 19.2 Å². The van der Waals surface area contributed by atoms with Crippen molar-refractivity contribution in [1.29, 1.82) is 0 Å². The van der Waals surface area contributed by atoms with Crippen LogP contribution in [0.15, 0.2) is 145 Å². The van der Waals surface area contributed by atoms with E-state index in [1.54, 1.807) is 48.5 Å². The summed E-state index contributed by atoms with van der Waals surface area (Å²) in [6.07, 6.45) is 6.93. The normalized spacial score (nSPS) is 15.3. The number of carbonyl (C=O) groups is 11. The predicted octanol–water partition coefficient (Wildman–Crippen LogP) is 2.21. The van der Waals surface area contributed by atoms with E-state index in [2.05, 4.69) is 73.4 Å². The summed E-state index contributed by atoms with van der Waals surface area (Å²) in [5, 5.41) is 54.5. The van der Waals surface area contributed by atoms with Gasteiger partial charge in [-0.15, -0.1) is 0 Å². The van der Waals surface area contributed by atoms with Gasteiger partial charge in [-0.25, -0.2) is 0 Å². The zero-order valence-electron chi connectivity index (χ0n) is 61.8. The lowest BCUT2D eigenvalue weighted by molar-refractivity contribution is -0.142. The molecule has 3 heterocycles. The number of benzene rings is 4. The summed E-state index contributed by atoms with van der Waals surface area (Å²) in [6.45, 7) is 10.7. The van der Waals surface area contributed by atoms with E-state index in [9.17, 15) is 53.4 Å². The van der Waals surface area contributed by atoms with Gasteiger partial charge in [0.1, 0.15) is 60.1 Å². The molecule has 1 aliphatic heterocycles. The fourth-order valence-electron chi connectivity index (χ4n) is 12.4. The molecule has 1 saturated heterocycles. The highest BCUT2D eigenvalue weighted by Gasteiger charge is 2.40. The van der Waals surface area contributed by atoms with Gasteiger partial charge in [0.2, 0.25) is 59.1 Å². The molecule has 30 heteroatoms. The van der Waals surface area contributed by atoms with Crippen LogP contribution in [0.1, 0.15) is 108 Å². The van der Waals surface area contributed by atoms with Crippen LogP contribution < -0.4 is 64.2 Å². The minimum atomic E-state index is -1.82. The molecule has 0 unspecified atom stereocenters. The second-order valence-corrected chi connectivity index (χ2v) is 27.5. The topological polar surface area (TPSA) is 428 Å². The van der Waals surface area contributed by atoms with Crippen molar-refractivity contribution in [3.05, 3.63) is 173 Å². The Morgan fingerprint density at radius 1 is 0.556 bits per heavy atom. The Bertz CT molecular complexity index is 4050. The van der Waals surface area contributed by atoms with Crippen LogP contribution in [0, 0.1) is 5.92 Å². The Kier molecular flexibility index (Phi) is 33.6. The van der Waals surface area contributed by atoms with Crippen molar-refractivity contribution in [1.82, 2.24) is 73.4 Å². The maximum Gasteiger partial charge on any atom is 0.245 e. The second-order valence-electron chi connectivity index (χ2n) is 27.1. The molecule has 578 valence electrons. The van der Waals surface area contributed by atoms with Gasteiger partial charge >= 0.3 is 0 Å². The number of aromatic hydroxyl groups is 1. The molecule has 0 radical (unpaired) electrons. The molecule has 108 heavy (non-hydrogen) atoms. The number of unbranched alkanes of at least 4 members (excludes halogenated alkanes) is 1. The minimum absolute atomic E-state index is 0.0376. The monoisotopic (exact) mass is 1500 g/mol. The molecule has 15 N–H and O–H groups in total. The van der Waals surface area contributed by atoms with E-state index < -0.39 is 132 Å². The first-order chi connectivity index (χ1) is 51.8. The van der Waals surface area contributed by atoms with Crippen LogP contribution >= 0.6 is 11.6 Å². The molecule has 0 aliphatic carbocycles. The number of nitrogens with one attached hydrogen (secondary N) is 11. The second kappa shape index (κ2) is 43.0. The number of Topliss-reactive ketones (excluding diaryl/α,β-unsaturated/α-hetero) is 1. The summed E-state index contributed by atoms with van der Waals surface area (Å²) in [4.78, 5) is 172. The molecule has 10 amide bonds. The van der Waals surface area contributed by atoms with Crippen molar-refractivity contribution in [2.45, 2.75) is 173 Å². The lowest BCUT2D eigenvalue weighted by atomic mass is 9.99. The third-order valence-electron chi connectivity index (χ3n) is 18.1. The smallest absolute Gasteiger partial charge is 0.245 e. The van der Waals surface area contributed by atoms with Crippen LogP contribution in [0.5, 0.6) is 5.75 Å². The van der Waals surface area contributed by atoms with Crippen molar-refractivity contribution in [2.75, 3.05) is 39.3 Å². The van der Waals surface area contributed by atoms with E-state index in [0.29, 0.717) is 77.7 Å². The Labute approximate surface area is 633 Å². The third kappa shape index (κ3) is 26.8. The lowest BCUT2D eigenvalue weighted by Gasteiger charge is -2.31. The number of rotatable bonds is 40. The van der Waals surface area contributed by atoms with E-state index in [1.165, 1.54) is 67.8 Å². The van der Waals surface area contributed by atoms with Crippen LogP contribution in [-0.2, 0) is 84.8 Å². The number of aromatic nitrogens is 2. The van der Waals surface area contributed by atoms with Crippen molar-refractivity contribution in [2.24, 2.45) is 16.6 Å². The lowest BCUT2D eigenvalue weighted by Crippen LogP contribution is -2.62. The van der Waals surface area contributed by atoms with Crippen LogP contribution in [0.2, 0.25) is 5.02 Å². The number of aliphatic imine (C=N–C) groups is 1. The van der Waals surface area contributed by atoms with E-state index in [0.717, 1.165) is 10.8 Å². The van der Waals surface area contributed by atoms with Gasteiger partial charge in [0.25, 0.3) is 0 Å². The third-order valence-corrected chi connectivity index (χ3v) is 18.3. The highest BCUT2D eigenvalue weighted by Crippen LogP contribution is 2.23. The van der Waals surface area contributed by atoms with Gasteiger partial charge in [0, 0.05) is 95.0 Å². The van der Waals surface area contributed by atoms with Gasteiger partial charge in [-0.2, -0.15) is 0 Å². The number of aliphatic hydroxyl groups excluding tert-OH is 1. The van der Waals surface area contributed by atoms with Gasteiger partial charge in [-0.05, 0) is 140 Å². The number of carbonyl (C=O) groups excluding carboxylic acids is 11. The van der Waals surface area contributed by atoms with Crippen LogP contribution in [-0.4, -0.2) is 196 Å². The maximum absolute atomic E-state index is 15.1. The molecule has 4 aromatic carbocycles. The Balaban J connectivity index is 1.13. The molecule has 0 bridgehead atoms. The number of halogens is 1. The number of likely N-dealkylation sites (tertiary alicyclic amines) is 1. The van der Waals surface area contributed by atoms with E-state index in [-0.39, 0.29) is 76.1 Å². The van der Waals surface area contributed by atoms with E-state index >= 15 is 9.59 Å². The number of phenols is 1. The number of fused-ring (bicyclic) bond motifs is 1. The maximum atomic E-state index is 15.1. The fraction of sp³-hybridized carbons (Fsp3) is 0.436. The van der Waals surface area contributed by atoms with Gasteiger partial charge in [0.15, 0.2) is 11.7 Å². The molecule has 10 atom stereocenters. The highest BCUT2D eigenvalue weighted by atomic mass is 35.5. The van der Waals surface area contributed by atoms with Crippen LogP contribution in [0.25, 0.3) is 10.8 Å². The number of guanidine groups is 1. The largest absolute Gasteiger partial charge is 0.508 e. The first-order valence-electron chi connectivity index (χ1n) is 36.5. The quantitative estimate of drug-likeness (QED) is 0.0149. The number of pyridine rings is 2. The summed E-state index contributed by atoms with van der Waals surface area (Å²) in [5.41, 5.74) is 8.16. The highest BCUT2D eigenvalue weighted by molar-refractivity contribution is 6.30. The van der Waals surface area contributed by atoms with Crippen molar-refractivity contribution >= 4 is 93.2 Å². The van der Waals surface area contributed by atoms with Gasteiger partial charge < -0.3 is 79.3 Å². The summed E-state index contributed by atoms with van der Waals surface area (Å²) >= 11 is 6.25. The number of nitrogens with zero attached hydrogens (tertiary/aromatic N) is 4.